The van der Waals surface area contributed by atoms with Crippen LogP contribution in [0, 0.1) is 0 Å². The molecule has 0 bridgehead atoms. The van der Waals surface area contributed by atoms with Gasteiger partial charge in [-0.05, 0) is 25.0 Å². The molecule has 2 aromatic rings. The minimum absolute atomic E-state index is 0.103. The molecule has 1 aromatic carbocycles. The van der Waals surface area contributed by atoms with Gasteiger partial charge >= 0.3 is 0 Å². The van der Waals surface area contributed by atoms with Crippen LogP contribution in [0.5, 0.6) is 5.75 Å². The number of methoxy groups -OCH3 is 1. The van der Waals surface area contributed by atoms with Crippen molar-refractivity contribution in [3.05, 3.63) is 45.8 Å². The second kappa shape index (κ2) is 7.57. The number of rotatable bonds is 5. The highest BCUT2D eigenvalue weighted by atomic mass is 35.5. The Hall–Kier alpha value is -2.54. The van der Waals surface area contributed by atoms with Gasteiger partial charge in [-0.25, -0.2) is 4.68 Å². The minimum atomic E-state index is -0.466. The summed E-state index contributed by atoms with van der Waals surface area (Å²) in [6.07, 6.45) is 3.69. The van der Waals surface area contributed by atoms with Crippen molar-refractivity contribution in [3.8, 4) is 5.75 Å². The van der Waals surface area contributed by atoms with E-state index in [1.54, 1.807) is 37.6 Å². The second-order valence-electron chi connectivity index (χ2n) is 5.78. The van der Waals surface area contributed by atoms with E-state index in [1.165, 1.54) is 0 Å². The Kier molecular flexibility index (Phi) is 5.23. The average molecular weight is 363 g/mol. The van der Waals surface area contributed by atoms with Crippen LogP contribution in [-0.2, 0) is 11.3 Å². The molecular formula is C17H19ClN4O3. The molecule has 0 unspecified atom stereocenters. The predicted octanol–water partition coefficient (Wildman–Crippen LogP) is 2.14. The first kappa shape index (κ1) is 17.3. The van der Waals surface area contributed by atoms with E-state index in [-0.39, 0.29) is 17.5 Å². The Bertz CT molecular complexity index is 831. The fraction of sp³-hybridized carbons (Fsp3) is 0.353. The van der Waals surface area contributed by atoms with Gasteiger partial charge in [0.25, 0.3) is 5.56 Å². The van der Waals surface area contributed by atoms with Gasteiger partial charge in [-0.1, -0.05) is 17.7 Å². The van der Waals surface area contributed by atoms with Crippen molar-refractivity contribution in [2.24, 2.45) is 0 Å². The highest BCUT2D eigenvalue weighted by Crippen LogP contribution is 2.24. The van der Waals surface area contributed by atoms with E-state index in [4.69, 9.17) is 16.3 Å². The topological polar surface area (TPSA) is 76.5 Å². The van der Waals surface area contributed by atoms with Crippen LogP contribution in [0.25, 0.3) is 0 Å². The van der Waals surface area contributed by atoms with Gasteiger partial charge in [-0.3, -0.25) is 9.59 Å². The molecule has 1 amide bonds. The van der Waals surface area contributed by atoms with Crippen molar-refractivity contribution in [3.63, 3.8) is 0 Å². The van der Waals surface area contributed by atoms with Crippen molar-refractivity contribution in [1.29, 1.82) is 0 Å². The number of nitrogens with one attached hydrogen (secondary N) is 1. The first-order chi connectivity index (χ1) is 12.1. The van der Waals surface area contributed by atoms with Crippen LogP contribution in [0.3, 0.4) is 0 Å². The Labute approximate surface area is 150 Å². The molecule has 1 saturated heterocycles. The Balaban J connectivity index is 1.72. The zero-order chi connectivity index (χ0) is 17.8. The minimum Gasteiger partial charge on any atom is -0.497 e. The number of benzene rings is 1. The second-order valence-corrected chi connectivity index (χ2v) is 6.16. The number of carbonyl (C=O) groups is 1. The predicted molar refractivity (Wildman–Crippen MR) is 96.6 cm³/mol. The van der Waals surface area contributed by atoms with Crippen molar-refractivity contribution in [2.75, 3.05) is 30.4 Å². The molecule has 2 heterocycles. The lowest BCUT2D eigenvalue weighted by atomic mass is 10.3. The van der Waals surface area contributed by atoms with Crippen LogP contribution < -0.4 is 20.5 Å². The summed E-state index contributed by atoms with van der Waals surface area (Å²) in [5, 5.41) is 6.90. The van der Waals surface area contributed by atoms with Gasteiger partial charge in [0.05, 0.1) is 19.0 Å². The zero-order valence-electron chi connectivity index (χ0n) is 13.9. The fourth-order valence-electron chi connectivity index (χ4n) is 2.78. The van der Waals surface area contributed by atoms with Crippen LogP contribution >= 0.6 is 11.6 Å². The summed E-state index contributed by atoms with van der Waals surface area (Å²) < 4.78 is 6.18. The van der Waals surface area contributed by atoms with E-state index in [9.17, 15) is 9.59 Å². The van der Waals surface area contributed by atoms with Gasteiger partial charge in [0.2, 0.25) is 5.91 Å². The van der Waals surface area contributed by atoms with E-state index >= 15 is 0 Å². The molecule has 1 aliphatic heterocycles. The summed E-state index contributed by atoms with van der Waals surface area (Å²) >= 11 is 6.20. The number of halogens is 1. The summed E-state index contributed by atoms with van der Waals surface area (Å²) in [6.45, 7) is 1.51. The number of nitrogens with zero attached hydrogens (tertiary/aromatic N) is 3. The molecule has 1 aliphatic rings. The number of aromatic nitrogens is 2. The highest BCUT2D eigenvalue weighted by Gasteiger charge is 2.19. The third-order valence-electron chi connectivity index (χ3n) is 4.06. The Morgan fingerprint density at radius 1 is 1.36 bits per heavy atom. The maximum atomic E-state index is 12.4. The largest absolute Gasteiger partial charge is 0.497 e. The molecule has 8 heteroatoms. The molecule has 0 aliphatic carbocycles. The van der Waals surface area contributed by atoms with Crippen molar-refractivity contribution >= 4 is 28.9 Å². The monoisotopic (exact) mass is 362 g/mol. The van der Waals surface area contributed by atoms with E-state index < -0.39 is 5.56 Å². The van der Waals surface area contributed by atoms with Crippen molar-refractivity contribution in [1.82, 2.24) is 9.78 Å². The molecule has 3 rings (SSSR count). The van der Waals surface area contributed by atoms with Crippen LogP contribution in [-0.4, -0.2) is 35.9 Å². The maximum Gasteiger partial charge on any atom is 0.288 e. The van der Waals surface area contributed by atoms with Gasteiger partial charge < -0.3 is 15.0 Å². The summed E-state index contributed by atoms with van der Waals surface area (Å²) in [5.74, 6) is 0.263. The highest BCUT2D eigenvalue weighted by molar-refractivity contribution is 6.33. The van der Waals surface area contributed by atoms with E-state index in [1.807, 2.05) is 4.90 Å². The van der Waals surface area contributed by atoms with Gasteiger partial charge in [0, 0.05) is 24.8 Å². The lowest BCUT2D eigenvalue weighted by Gasteiger charge is -2.18. The maximum absolute atomic E-state index is 12.4. The van der Waals surface area contributed by atoms with E-state index in [2.05, 4.69) is 10.4 Å². The number of ether oxygens (including phenoxy) is 1. The molecule has 25 heavy (non-hydrogen) atoms. The van der Waals surface area contributed by atoms with Crippen LogP contribution in [0.4, 0.5) is 11.4 Å². The van der Waals surface area contributed by atoms with Crippen LogP contribution in [0.15, 0.2) is 35.3 Å². The summed E-state index contributed by atoms with van der Waals surface area (Å²) in [7, 11) is 1.55. The molecule has 1 N–H and O–H groups in total. The first-order valence-electron chi connectivity index (χ1n) is 8.03. The number of hydrogen-bond donors (Lipinski definition) is 1. The summed E-state index contributed by atoms with van der Waals surface area (Å²) in [4.78, 5) is 26.6. The van der Waals surface area contributed by atoms with Gasteiger partial charge in [0.1, 0.15) is 17.3 Å². The molecule has 0 saturated carbocycles. The van der Waals surface area contributed by atoms with Crippen LogP contribution in [0.2, 0.25) is 5.02 Å². The smallest absolute Gasteiger partial charge is 0.288 e. The molecule has 7 nitrogen and oxygen atoms in total. The molecular weight excluding hydrogens is 344 g/mol. The number of amides is 1. The number of hydrogen-bond acceptors (Lipinski definition) is 5. The Morgan fingerprint density at radius 3 is 2.84 bits per heavy atom. The molecule has 1 aromatic heterocycles. The molecule has 0 radical (unpaired) electrons. The average Bonchev–Trinajstić information content (AvgIpc) is 3.13. The first-order valence-corrected chi connectivity index (χ1v) is 8.41. The quantitative estimate of drug-likeness (QED) is 0.881. The van der Waals surface area contributed by atoms with Gasteiger partial charge in [0.15, 0.2) is 0 Å². The van der Waals surface area contributed by atoms with E-state index in [0.29, 0.717) is 17.1 Å². The Morgan fingerprint density at radius 2 is 2.12 bits per heavy atom. The zero-order valence-corrected chi connectivity index (χ0v) is 14.6. The molecule has 132 valence electrons. The fourth-order valence-corrected chi connectivity index (χ4v) is 3.05. The standard InChI is InChI=1S/C17H19ClN4O3/c1-25-13-6-4-5-12(9-13)20-15(23)11-22-17(24)16(18)14(10-19-22)21-7-2-3-8-21/h4-6,9-10H,2-3,7-8,11H2,1H3,(H,20,23). The molecule has 0 atom stereocenters. The lowest BCUT2D eigenvalue weighted by molar-refractivity contribution is -0.117. The van der Waals surface area contributed by atoms with Crippen molar-refractivity contribution in [2.45, 2.75) is 19.4 Å². The van der Waals surface area contributed by atoms with E-state index in [0.717, 1.165) is 30.6 Å². The normalized spacial score (nSPS) is 13.8. The molecule has 1 fully saturated rings. The summed E-state index contributed by atoms with van der Waals surface area (Å²) in [6, 6.07) is 6.97. The SMILES string of the molecule is COc1cccc(NC(=O)Cn2ncc(N3CCCC3)c(Cl)c2=O)c1. The van der Waals surface area contributed by atoms with Crippen molar-refractivity contribution < 1.29 is 9.53 Å². The third kappa shape index (κ3) is 3.93. The number of anilines is 2. The van der Waals surface area contributed by atoms with Gasteiger partial charge in [-0.2, -0.15) is 5.10 Å². The van der Waals surface area contributed by atoms with Crippen LogP contribution in [0.1, 0.15) is 12.8 Å². The molecule has 0 spiro atoms. The van der Waals surface area contributed by atoms with Gasteiger partial charge in [-0.15, -0.1) is 0 Å². The number of carbonyl (C=O) groups excluding carboxylic acids is 1. The third-order valence-corrected chi connectivity index (χ3v) is 4.42. The summed E-state index contributed by atoms with van der Waals surface area (Å²) in [5.41, 5.74) is 0.748. The lowest BCUT2D eigenvalue weighted by Crippen LogP contribution is -2.31.